The molecule has 0 bridgehead atoms. The molecule has 17 heavy (non-hydrogen) atoms. The summed E-state index contributed by atoms with van der Waals surface area (Å²) in [6.07, 6.45) is 1.18. The molecule has 2 unspecified atom stereocenters. The summed E-state index contributed by atoms with van der Waals surface area (Å²) >= 11 is 0. The van der Waals surface area contributed by atoms with E-state index in [1.54, 1.807) is 6.92 Å². The van der Waals surface area contributed by atoms with E-state index in [1.165, 1.54) is 4.90 Å². The van der Waals surface area contributed by atoms with Gasteiger partial charge in [-0.05, 0) is 18.8 Å². The molecule has 0 aromatic carbocycles. The van der Waals surface area contributed by atoms with Crippen LogP contribution < -0.4 is 5.32 Å². The summed E-state index contributed by atoms with van der Waals surface area (Å²) < 4.78 is 0. The first-order valence-corrected chi connectivity index (χ1v) is 5.92. The monoisotopic (exact) mass is 244 g/mol. The Labute approximate surface area is 101 Å². The molecule has 0 spiro atoms. The molecule has 3 N–H and O–H groups in total. The minimum Gasteiger partial charge on any atom is -0.480 e. The average Bonchev–Trinajstić information content (AvgIpc) is 2.66. The number of amides is 2. The zero-order valence-corrected chi connectivity index (χ0v) is 10.2. The number of aliphatic hydroxyl groups is 1. The van der Waals surface area contributed by atoms with E-state index in [-0.39, 0.29) is 18.6 Å². The van der Waals surface area contributed by atoms with E-state index in [0.717, 1.165) is 6.42 Å². The lowest BCUT2D eigenvalue weighted by Gasteiger charge is -2.26. The summed E-state index contributed by atoms with van der Waals surface area (Å²) in [6.45, 7) is 4.16. The molecule has 0 radical (unpaired) electrons. The Morgan fingerprint density at radius 1 is 1.53 bits per heavy atom. The van der Waals surface area contributed by atoms with Gasteiger partial charge in [0.1, 0.15) is 6.04 Å². The van der Waals surface area contributed by atoms with Crippen LogP contribution in [0, 0.1) is 5.92 Å². The molecule has 0 aliphatic carbocycles. The standard InChI is InChI=1S/C11H20N2O4/c1-3-8(10(15)16)12-11(17)13-5-4-7(2)9(13)6-14/h7-9,14H,3-6H2,1-2H3,(H,12,17)(H,15,16)/t7?,8-,9?/m0/s1. The van der Waals surface area contributed by atoms with E-state index in [1.807, 2.05) is 6.92 Å². The molecule has 0 aromatic rings. The van der Waals surface area contributed by atoms with Gasteiger partial charge >= 0.3 is 12.0 Å². The van der Waals surface area contributed by atoms with Crippen molar-refractivity contribution in [2.75, 3.05) is 13.2 Å². The molecule has 98 valence electrons. The zero-order chi connectivity index (χ0) is 13.0. The van der Waals surface area contributed by atoms with Crippen LogP contribution in [0.3, 0.4) is 0 Å². The number of likely N-dealkylation sites (tertiary alicyclic amines) is 1. The van der Waals surface area contributed by atoms with E-state index < -0.39 is 18.0 Å². The normalized spacial score (nSPS) is 25.7. The summed E-state index contributed by atoms with van der Waals surface area (Å²) in [5, 5.41) is 20.5. The van der Waals surface area contributed by atoms with E-state index in [2.05, 4.69) is 5.32 Å². The fourth-order valence-corrected chi connectivity index (χ4v) is 2.11. The van der Waals surface area contributed by atoms with E-state index in [4.69, 9.17) is 5.11 Å². The van der Waals surface area contributed by atoms with Gasteiger partial charge in [0.05, 0.1) is 12.6 Å². The van der Waals surface area contributed by atoms with Crippen molar-refractivity contribution in [1.29, 1.82) is 0 Å². The molecule has 1 rings (SSSR count). The van der Waals surface area contributed by atoms with Crippen molar-refractivity contribution < 1.29 is 19.8 Å². The van der Waals surface area contributed by atoms with Gasteiger partial charge in [-0.15, -0.1) is 0 Å². The van der Waals surface area contributed by atoms with Gasteiger partial charge in [0.25, 0.3) is 0 Å². The SMILES string of the molecule is CC[C@H](NC(=O)N1CCC(C)C1CO)C(=O)O. The second kappa shape index (κ2) is 5.86. The van der Waals surface area contributed by atoms with Gasteiger partial charge in [-0.25, -0.2) is 9.59 Å². The number of carboxylic acids is 1. The number of hydrogen-bond donors (Lipinski definition) is 3. The number of aliphatic hydroxyl groups excluding tert-OH is 1. The van der Waals surface area contributed by atoms with E-state index in [0.29, 0.717) is 13.0 Å². The molecular formula is C11H20N2O4. The Morgan fingerprint density at radius 2 is 2.18 bits per heavy atom. The van der Waals surface area contributed by atoms with Gasteiger partial charge in [-0.3, -0.25) is 0 Å². The maximum atomic E-state index is 11.9. The van der Waals surface area contributed by atoms with Gasteiger partial charge in [0.15, 0.2) is 0 Å². The molecule has 2 amide bonds. The molecule has 1 fully saturated rings. The van der Waals surface area contributed by atoms with Crippen LogP contribution in [0.2, 0.25) is 0 Å². The number of urea groups is 1. The van der Waals surface area contributed by atoms with Crippen LogP contribution in [-0.4, -0.2) is 52.3 Å². The Balaban J connectivity index is 2.61. The molecule has 1 aliphatic heterocycles. The molecule has 3 atom stereocenters. The number of carboxylic acid groups (broad SMARTS) is 1. The molecule has 1 aliphatic rings. The highest BCUT2D eigenvalue weighted by molar-refractivity contribution is 5.82. The third-order valence-corrected chi connectivity index (χ3v) is 3.33. The predicted molar refractivity (Wildman–Crippen MR) is 61.6 cm³/mol. The third kappa shape index (κ3) is 3.09. The van der Waals surface area contributed by atoms with Gasteiger partial charge in [0.2, 0.25) is 0 Å². The van der Waals surface area contributed by atoms with Gasteiger partial charge in [-0.2, -0.15) is 0 Å². The Hall–Kier alpha value is -1.30. The fourth-order valence-electron chi connectivity index (χ4n) is 2.11. The maximum absolute atomic E-state index is 11.9. The van der Waals surface area contributed by atoms with Crippen LogP contribution in [0.25, 0.3) is 0 Å². The largest absolute Gasteiger partial charge is 0.480 e. The summed E-state index contributed by atoms with van der Waals surface area (Å²) in [6, 6.07) is -1.47. The van der Waals surface area contributed by atoms with Crippen molar-refractivity contribution >= 4 is 12.0 Å². The molecule has 6 nitrogen and oxygen atoms in total. The molecule has 0 saturated carbocycles. The summed E-state index contributed by atoms with van der Waals surface area (Å²) in [7, 11) is 0. The first kappa shape index (κ1) is 13.8. The highest BCUT2D eigenvalue weighted by Gasteiger charge is 2.35. The minimum absolute atomic E-state index is 0.0849. The number of aliphatic carboxylic acids is 1. The van der Waals surface area contributed by atoms with Crippen molar-refractivity contribution in [2.45, 2.75) is 38.8 Å². The highest BCUT2D eigenvalue weighted by Crippen LogP contribution is 2.23. The number of carbonyl (C=O) groups excluding carboxylic acids is 1. The topological polar surface area (TPSA) is 89.9 Å². The maximum Gasteiger partial charge on any atom is 0.326 e. The Bertz CT molecular complexity index is 295. The minimum atomic E-state index is -1.03. The smallest absolute Gasteiger partial charge is 0.326 e. The molecule has 1 saturated heterocycles. The quantitative estimate of drug-likeness (QED) is 0.661. The number of rotatable bonds is 4. The van der Waals surface area contributed by atoms with Crippen LogP contribution in [0.5, 0.6) is 0 Å². The number of nitrogens with one attached hydrogen (secondary N) is 1. The lowest BCUT2D eigenvalue weighted by atomic mass is 10.0. The average molecular weight is 244 g/mol. The lowest BCUT2D eigenvalue weighted by molar-refractivity contribution is -0.139. The van der Waals surface area contributed by atoms with Gasteiger partial charge in [-0.1, -0.05) is 13.8 Å². The second-order valence-electron chi connectivity index (χ2n) is 4.46. The number of hydrogen-bond acceptors (Lipinski definition) is 3. The number of carbonyl (C=O) groups is 2. The van der Waals surface area contributed by atoms with Crippen molar-refractivity contribution in [3.05, 3.63) is 0 Å². The summed E-state index contributed by atoms with van der Waals surface area (Å²) in [5.41, 5.74) is 0. The molecular weight excluding hydrogens is 224 g/mol. The number of nitrogens with zero attached hydrogens (tertiary/aromatic N) is 1. The van der Waals surface area contributed by atoms with Gasteiger partial charge < -0.3 is 20.4 Å². The lowest BCUT2D eigenvalue weighted by Crippen LogP contribution is -2.50. The van der Waals surface area contributed by atoms with Crippen molar-refractivity contribution in [1.82, 2.24) is 10.2 Å². The van der Waals surface area contributed by atoms with Crippen molar-refractivity contribution in [3.8, 4) is 0 Å². The summed E-state index contributed by atoms with van der Waals surface area (Å²) in [5.74, 6) is -0.788. The van der Waals surface area contributed by atoms with Crippen LogP contribution in [0.4, 0.5) is 4.79 Å². The van der Waals surface area contributed by atoms with Crippen LogP contribution >= 0.6 is 0 Å². The molecule has 0 aromatic heterocycles. The first-order chi connectivity index (χ1) is 8.01. The second-order valence-corrected chi connectivity index (χ2v) is 4.46. The Kier molecular flexibility index (Phi) is 4.74. The van der Waals surface area contributed by atoms with Crippen molar-refractivity contribution in [2.24, 2.45) is 5.92 Å². The predicted octanol–water partition coefficient (Wildman–Crippen LogP) is 0.262. The third-order valence-electron chi connectivity index (χ3n) is 3.33. The Morgan fingerprint density at radius 3 is 2.65 bits per heavy atom. The first-order valence-electron chi connectivity index (χ1n) is 5.92. The zero-order valence-electron chi connectivity index (χ0n) is 10.2. The van der Waals surface area contributed by atoms with Crippen LogP contribution in [0.1, 0.15) is 26.7 Å². The van der Waals surface area contributed by atoms with Crippen molar-refractivity contribution in [3.63, 3.8) is 0 Å². The fraction of sp³-hybridized carbons (Fsp3) is 0.818. The molecule has 6 heteroatoms. The molecule has 1 heterocycles. The van der Waals surface area contributed by atoms with Crippen LogP contribution in [0.15, 0.2) is 0 Å². The summed E-state index contributed by atoms with van der Waals surface area (Å²) in [4.78, 5) is 24.2. The van der Waals surface area contributed by atoms with Gasteiger partial charge in [0, 0.05) is 6.54 Å². The van der Waals surface area contributed by atoms with E-state index >= 15 is 0 Å². The van der Waals surface area contributed by atoms with Crippen LogP contribution in [-0.2, 0) is 4.79 Å². The highest BCUT2D eigenvalue weighted by atomic mass is 16.4. The van der Waals surface area contributed by atoms with E-state index in [9.17, 15) is 14.7 Å².